The molecule has 0 saturated heterocycles. The summed E-state index contributed by atoms with van der Waals surface area (Å²) < 4.78 is 1.26. The zero-order valence-corrected chi connectivity index (χ0v) is 13.9. The fourth-order valence-electron chi connectivity index (χ4n) is 2.63. The zero-order chi connectivity index (χ0) is 17.6. The van der Waals surface area contributed by atoms with Gasteiger partial charge in [0.25, 0.3) is 5.56 Å². The molecule has 126 valence electrons. The van der Waals surface area contributed by atoms with Gasteiger partial charge >= 0.3 is 0 Å². The molecule has 0 radical (unpaired) electrons. The lowest BCUT2D eigenvalue weighted by molar-refractivity contribution is -0.119. The first-order chi connectivity index (χ1) is 12.2. The summed E-state index contributed by atoms with van der Waals surface area (Å²) in [5, 5.41) is 7.26. The van der Waals surface area contributed by atoms with Gasteiger partial charge in [0.2, 0.25) is 5.91 Å². The minimum Gasteiger partial charge on any atom is -0.324 e. The number of carbonyl (C=O) groups is 1. The number of hydrogen-bond donors (Lipinski definition) is 1. The van der Waals surface area contributed by atoms with Crippen molar-refractivity contribution in [3.05, 3.63) is 83.2 Å². The number of nitrogens with one attached hydrogen (secondary N) is 1. The molecule has 0 saturated carbocycles. The van der Waals surface area contributed by atoms with Crippen molar-refractivity contribution in [3.8, 4) is 11.3 Å². The van der Waals surface area contributed by atoms with Crippen LogP contribution in [-0.2, 0) is 4.79 Å². The van der Waals surface area contributed by atoms with Gasteiger partial charge in [-0.1, -0.05) is 55.5 Å². The summed E-state index contributed by atoms with van der Waals surface area (Å²) in [5.41, 5.74) is 1.95. The molecule has 1 N–H and O–H groups in total. The van der Waals surface area contributed by atoms with Crippen molar-refractivity contribution in [2.75, 3.05) is 5.32 Å². The predicted octanol–water partition coefficient (Wildman–Crippen LogP) is 3.50. The molecule has 0 aliphatic rings. The number of carbonyl (C=O) groups excluding carboxylic acids is 1. The fraction of sp³-hybridized carbons (Fsp3) is 0.150. The molecule has 0 aliphatic heterocycles. The molecule has 1 aromatic heterocycles. The lowest BCUT2D eigenvalue weighted by Crippen LogP contribution is -2.34. The Morgan fingerprint density at radius 1 is 1.00 bits per heavy atom. The van der Waals surface area contributed by atoms with E-state index in [1.165, 1.54) is 10.7 Å². The van der Waals surface area contributed by atoms with Gasteiger partial charge in [0.05, 0.1) is 5.69 Å². The number of benzene rings is 2. The van der Waals surface area contributed by atoms with E-state index in [-0.39, 0.29) is 11.5 Å². The Morgan fingerprint density at radius 2 is 1.64 bits per heavy atom. The maximum absolute atomic E-state index is 12.6. The van der Waals surface area contributed by atoms with Crippen molar-refractivity contribution in [1.82, 2.24) is 9.78 Å². The van der Waals surface area contributed by atoms with Crippen LogP contribution in [-0.4, -0.2) is 15.7 Å². The van der Waals surface area contributed by atoms with E-state index >= 15 is 0 Å². The molecule has 25 heavy (non-hydrogen) atoms. The van der Waals surface area contributed by atoms with Crippen molar-refractivity contribution < 1.29 is 4.79 Å². The maximum atomic E-state index is 12.6. The van der Waals surface area contributed by atoms with Crippen molar-refractivity contribution in [1.29, 1.82) is 0 Å². The van der Waals surface area contributed by atoms with Crippen molar-refractivity contribution in [2.45, 2.75) is 19.4 Å². The molecular weight excluding hydrogens is 314 g/mol. The van der Waals surface area contributed by atoms with Gasteiger partial charge in [0.15, 0.2) is 0 Å². The van der Waals surface area contributed by atoms with Crippen LogP contribution >= 0.6 is 0 Å². The molecular formula is C20H19N3O2. The van der Waals surface area contributed by atoms with Gasteiger partial charge in [0.1, 0.15) is 6.04 Å². The van der Waals surface area contributed by atoms with E-state index in [1.807, 2.05) is 55.5 Å². The normalized spacial score (nSPS) is 11.7. The van der Waals surface area contributed by atoms with Crippen LogP contribution in [0.4, 0.5) is 5.69 Å². The van der Waals surface area contributed by atoms with E-state index in [9.17, 15) is 9.59 Å². The summed E-state index contributed by atoms with van der Waals surface area (Å²) in [6.07, 6.45) is 0.462. The van der Waals surface area contributed by atoms with Gasteiger partial charge in [-0.3, -0.25) is 9.59 Å². The first kappa shape index (κ1) is 16.6. The average Bonchev–Trinajstić information content (AvgIpc) is 2.65. The van der Waals surface area contributed by atoms with Gasteiger partial charge in [0, 0.05) is 17.3 Å². The molecule has 0 fully saturated rings. The Kier molecular flexibility index (Phi) is 5.04. The highest BCUT2D eigenvalue weighted by Crippen LogP contribution is 2.17. The SMILES string of the molecule is CC[C@@H](C(=O)Nc1ccccc1)n1nc(-c2ccccc2)ccc1=O. The van der Waals surface area contributed by atoms with Crippen molar-refractivity contribution >= 4 is 11.6 Å². The highest BCUT2D eigenvalue weighted by molar-refractivity contribution is 5.93. The third-order valence-electron chi connectivity index (χ3n) is 3.92. The van der Waals surface area contributed by atoms with Gasteiger partial charge in [-0.25, -0.2) is 4.68 Å². The molecule has 5 heteroatoms. The number of nitrogens with zero attached hydrogens (tertiary/aromatic N) is 2. The number of rotatable bonds is 5. The van der Waals surface area contributed by atoms with Crippen LogP contribution in [0.25, 0.3) is 11.3 Å². The largest absolute Gasteiger partial charge is 0.324 e. The van der Waals surface area contributed by atoms with E-state index in [0.29, 0.717) is 17.8 Å². The summed E-state index contributed by atoms with van der Waals surface area (Å²) >= 11 is 0. The second kappa shape index (κ2) is 7.57. The smallest absolute Gasteiger partial charge is 0.267 e. The van der Waals surface area contributed by atoms with Crippen LogP contribution in [0.3, 0.4) is 0 Å². The summed E-state index contributed by atoms with van der Waals surface area (Å²) in [4.78, 5) is 24.9. The minimum atomic E-state index is -0.670. The van der Waals surface area contributed by atoms with Crippen LogP contribution in [0.2, 0.25) is 0 Å². The second-order valence-corrected chi connectivity index (χ2v) is 5.65. The van der Waals surface area contributed by atoms with E-state index in [1.54, 1.807) is 18.2 Å². The first-order valence-corrected chi connectivity index (χ1v) is 8.20. The lowest BCUT2D eigenvalue weighted by Gasteiger charge is -2.17. The van der Waals surface area contributed by atoms with Crippen LogP contribution < -0.4 is 10.9 Å². The quantitative estimate of drug-likeness (QED) is 0.777. The summed E-state index contributed by atoms with van der Waals surface area (Å²) in [6.45, 7) is 1.86. The Bertz CT molecular complexity index is 905. The summed E-state index contributed by atoms with van der Waals surface area (Å²) in [6, 6.07) is 21.2. The molecule has 1 heterocycles. The number of para-hydroxylation sites is 1. The Hall–Kier alpha value is -3.21. The molecule has 3 aromatic rings. The lowest BCUT2D eigenvalue weighted by atomic mass is 10.1. The molecule has 5 nitrogen and oxygen atoms in total. The Balaban J connectivity index is 1.92. The molecule has 3 rings (SSSR count). The third kappa shape index (κ3) is 3.83. The highest BCUT2D eigenvalue weighted by Gasteiger charge is 2.21. The van der Waals surface area contributed by atoms with Gasteiger partial charge in [-0.15, -0.1) is 0 Å². The highest BCUT2D eigenvalue weighted by atomic mass is 16.2. The van der Waals surface area contributed by atoms with Gasteiger partial charge in [-0.05, 0) is 24.6 Å². The Labute approximate surface area is 145 Å². The molecule has 0 spiro atoms. The summed E-state index contributed by atoms with van der Waals surface area (Å²) in [5.74, 6) is -0.256. The van der Waals surface area contributed by atoms with Crippen LogP contribution in [0.5, 0.6) is 0 Å². The fourth-order valence-corrected chi connectivity index (χ4v) is 2.63. The Morgan fingerprint density at radius 3 is 2.28 bits per heavy atom. The number of hydrogen-bond acceptors (Lipinski definition) is 3. The second-order valence-electron chi connectivity index (χ2n) is 5.65. The zero-order valence-electron chi connectivity index (χ0n) is 13.9. The van der Waals surface area contributed by atoms with Crippen molar-refractivity contribution in [2.24, 2.45) is 0 Å². The van der Waals surface area contributed by atoms with Crippen molar-refractivity contribution in [3.63, 3.8) is 0 Å². The molecule has 0 bridgehead atoms. The van der Waals surface area contributed by atoms with Gasteiger partial charge in [-0.2, -0.15) is 5.10 Å². The standard InChI is InChI=1S/C20H19N3O2/c1-2-18(20(25)21-16-11-7-4-8-12-16)23-19(24)14-13-17(22-23)15-9-5-3-6-10-15/h3-14,18H,2H2,1H3,(H,21,25)/t18-/m0/s1. The average molecular weight is 333 g/mol. The third-order valence-corrected chi connectivity index (χ3v) is 3.92. The number of amides is 1. The van der Waals surface area contributed by atoms with E-state index in [2.05, 4.69) is 10.4 Å². The summed E-state index contributed by atoms with van der Waals surface area (Å²) in [7, 11) is 0. The molecule has 0 unspecified atom stereocenters. The molecule has 0 aliphatic carbocycles. The molecule has 1 amide bonds. The monoisotopic (exact) mass is 333 g/mol. The van der Waals surface area contributed by atoms with Crippen LogP contribution in [0.1, 0.15) is 19.4 Å². The predicted molar refractivity (Wildman–Crippen MR) is 98.3 cm³/mol. The maximum Gasteiger partial charge on any atom is 0.267 e. The van der Waals surface area contributed by atoms with E-state index in [4.69, 9.17) is 0 Å². The number of aromatic nitrogens is 2. The van der Waals surface area contributed by atoms with Crippen LogP contribution in [0.15, 0.2) is 77.6 Å². The molecule has 2 aromatic carbocycles. The van der Waals surface area contributed by atoms with Gasteiger partial charge < -0.3 is 5.32 Å². The van der Waals surface area contributed by atoms with Crippen LogP contribution in [0, 0.1) is 0 Å². The first-order valence-electron chi connectivity index (χ1n) is 8.20. The number of anilines is 1. The topological polar surface area (TPSA) is 64.0 Å². The van der Waals surface area contributed by atoms with E-state index < -0.39 is 6.04 Å². The minimum absolute atomic E-state index is 0.256. The molecule has 1 atom stereocenters. The van der Waals surface area contributed by atoms with E-state index in [0.717, 1.165) is 5.56 Å².